The number of aliphatic hydroxyl groups is 4. The Morgan fingerprint density at radius 3 is 2.37 bits per heavy atom. The largest absolute Gasteiger partial charge is 0.478 e. The molecule has 2 fully saturated rings. The minimum atomic E-state index is -1.74. The molecule has 0 radical (unpaired) electrons. The number of hydrogen-bond donors (Lipinski definition) is 5. The van der Waals surface area contributed by atoms with Crippen molar-refractivity contribution in [1.82, 2.24) is 0 Å². The second kappa shape index (κ2) is 11.7. The zero-order chi connectivity index (χ0) is 35.9. The van der Waals surface area contributed by atoms with Gasteiger partial charge in [-0.25, -0.2) is 4.79 Å². The van der Waals surface area contributed by atoms with Crippen molar-refractivity contribution < 1.29 is 39.9 Å². The lowest BCUT2D eigenvalue weighted by atomic mass is 9.35. The molecule has 0 aliphatic heterocycles. The number of fused-ring (bicyclic) bond motifs is 2. The number of hydrogen-bond acceptors (Lipinski definition) is 7. The van der Waals surface area contributed by atoms with Gasteiger partial charge in [-0.2, -0.15) is 0 Å². The fourth-order valence-corrected chi connectivity index (χ4v) is 11.9. The van der Waals surface area contributed by atoms with Crippen molar-refractivity contribution in [3.8, 4) is 0 Å². The van der Waals surface area contributed by atoms with Gasteiger partial charge in [0.15, 0.2) is 5.78 Å². The number of ketones is 2. The number of benzene rings is 1. The third-order valence-electron chi connectivity index (χ3n) is 13.9. The van der Waals surface area contributed by atoms with Crippen LogP contribution in [0.4, 0.5) is 0 Å². The molecule has 8 nitrogen and oxygen atoms in total. The van der Waals surface area contributed by atoms with Crippen LogP contribution in [0, 0.1) is 45.3 Å². The van der Waals surface area contributed by atoms with Crippen molar-refractivity contribution >= 4 is 23.6 Å². The molecule has 49 heavy (non-hydrogen) atoms. The van der Waals surface area contributed by atoms with E-state index in [0.29, 0.717) is 24.0 Å². The summed E-state index contributed by atoms with van der Waals surface area (Å²) in [6, 6.07) is 9.75. The average molecular weight is 673 g/mol. The van der Waals surface area contributed by atoms with Crippen molar-refractivity contribution in [3.05, 3.63) is 76.9 Å². The van der Waals surface area contributed by atoms with Crippen LogP contribution in [0.15, 0.2) is 71.4 Å². The second-order valence-corrected chi connectivity index (χ2v) is 16.8. The van der Waals surface area contributed by atoms with E-state index in [9.17, 15) is 39.9 Å². The van der Waals surface area contributed by atoms with Gasteiger partial charge in [0.05, 0.1) is 11.7 Å². The summed E-state index contributed by atoms with van der Waals surface area (Å²) in [6.45, 7) is 11.0. The van der Waals surface area contributed by atoms with E-state index in [1.54, 1.807) is 12.2 Å². The summed E-state index contributed by atoms with van der Waals surface area (Å²) in [5.41, 5.74) is -5.13. The maximum atomic E-state index is 14.9. The van der Waals surface area contributed by atoms with Gasteiger partial charge in [-0.15, -0.1) is 0 Å². The van der Waals surface area contributed by atoms with Crippen molar-refractivity contribution in [2.45, 2.75) is 97.4 Å². The van der Waals surface area contributed by atoms with Crippen LogP contribution in [-0.4, -0.2) is 67.0 Å². The monoisotopic (exact) mass is 672 g/mol. The van der Waals surface area contributed by atoms with Crippen LogP contribution in [0.1, 0.15) is 85.6 Å². The van der Waals surface area contributed by atoms with Crippen LogP contribution in [0.2, 0.25) is 0 Å². The summed E-state index contributed by atoms with van der Waals surface area (Å²) in [5.74, 6) is -2.78. The van der Waals surface area contributed by atoms with Crippen LogP contribution in [0.5, 0.6) is 0 Å². The molecule has 5 N–H and O–H groups in total. The Hall–Kier alpha value is -3.17. The predicted molar refractivity (Wildman–Crippen MR) is 186 cm³/mol. The second-order valence-electron chi connectivity index (χ2n) is 16.8. The van der Waals surface area contributed by atoms with Crippen LogP contribution in [-0.2, 0) is 14.4 Å². The average Bonchev–Trinajstić information content (AvgIpc) is 3.22. The normalized spacial score (nSPS) is 40.7. The molecule has 0 bridgehead atoms. The van der Waals surface area contributed by atoms with Gasteiger partial charge >= 0.3 is 5.97 Å². The van der Waals surface area contributed by atoms with E-state index in [2.05, 4.69) is 6.92 Å². The summed E-state index contributed by atoms with van der Waals surface area (Å²) in [7, 11) is 0. The van der Waals surface area contributed by atoms with E-state index in [1.807, 2.05) is 70.2 Å². The Bertz CT molecular complexity index is 1690. The minimum Gasteiger partial charge on any atom is -0.478 e. The van der Waals surface area contributed by atoms with Crippen LogP contribution < -0.4 is 0 Å². The molecule has 0 aromatic heterocycles. The number of aliphatic carboxylic acids is 1. The van der Waals surface area contributed by atoms with E-state index in [4.69, 9.17) is 0 Å². The van der Waals surface area contributed by atoms with E-state index < -0.39 is 56.8 Å². The molecule has 1 aromatic rings. The fraction of sp³-hybridized carbons (Fsp3) is 0.585. The van der Waals surface area contributed by atoms with E-state index in [0.717, 1.165) is 5.56 Å². The molecular weight excluding hydrogens is 620 g/mol. The van der Waals surface area contributed by atoms with Crippen molar-refractivity contribution in [1.29, 1.82) is 0 Å². The number of carbonyl (C=O) groups excluding carboxylic acids is 2. The lowest BCUT2D eigenvalue weighted by molar-refractivity contribution is -0.166. The van der Waals surface area contributed by atoms with Crippen molar-refractivity contribution in [3.63, 3.8) is 0 Å². The van der Waals surface area contributed by atoms with Gasteiger partial charge in [0.2, 0.25) is 0 Å². The van der Waals surface area contributed by atoms with Gasteiger partial charge in [-0.1, -0.05) is 83.2 Å². The van der Waals surface area contributed by atoms with Crippen LogP contribution in [0.25, 0.3) is 6.08 Å². The summed E-state index contributed by atoms with van der Waals surface area (Å²) in [6.07, 6.45) is 8.95. The Kier molecular flexibility index (Phi) is 8.51. The first-order chi connectivity index (χ1) is 22.8. The van der Waals surface area contributed by atoms with Crippen LogP contribution >= 0.6 is 0 Å². The highest BCUT2D eigenvalue weighted by Crippen LogP contribution is 2.79. The highest BCUT2D eigenvalue weighted by Gasteiger charge is 2.79. The molecule has 2 saturated carbocycles. The summed E-state index contributed by atoms with van der Waals surface area (Å²) in [4.78, 5) is 40.1. The molecule has 0 amide bonds. The zero-order valence-electron chi connectivity index (χ0n) is 29.6. The minimum absolute atomic E-state index is 0.0329. The van der Waals surface area contributed by atoms with Gasteiger partial charge in [-0.3, -0.25) is 9.59 Å². The number of Topliss-reactive ketones (excluding diaryl/α,β-unsaturated/α-hetero) is 2. The molecular formula is C41H52O8. The smallest absolute Gasteiger partial charge is 0.331 e. The standard InChI is InChI=1S/C41H52O8/c1-24(20-27(43)21-25(2)35(46)47)29-22-39(48)16-17-40(49)28(13-12-26-10-8-7-9-11-26)33-36(3,4)31(45)14-15-37(33,5)32-30(44)23-38(29,6)41(39,18-19-42)34(32)40/h7-13,16-17,21,24,27-29,33,42-43,48-49H,14-15,18-20,22-23H2,1-6H3,(H,46,47)/b13-12+,25-21+/t24-,27+,28-,29-,33-,37-,38-,39+,40-,41+/m1/s1. The first kappa shape index (κ1) is 35.6. The number of rotatable bonds is 9. The molecule has 0 spiro atoms. The van der Waals surface area contributed by atoms with Crippen molar-refractivity contribution in [2.24, 2.45) is 45.3 Å². The fourth-order valence-electron chi connectivity index (χ4n) is 11.9. The molecule has 0 unspecified atom stereocenters. The van der Waals surface area contributed by atoms with Crippen LogP contribution in [0.3, 0.4) is 0 Å². The molecule has 5 aliphatic rings. The molecule has 8 heteroatoms. The van der Waals surface area contributed by atoms with Crippen molar-refractivity contribution in [2.75, 3.05) is 6.61 Å². The third kappa shape index (κ3) is 4.80. The first-order valence-electron chi connectivity index (χ1n) is 17.8. The summed E-state index contributed by atoms with van der Waals surface area (Å²) >= 11 is 0. The van der Waals surface area contributed by atoms with Gasteiger partial charge in [-0.05, 0) is 79.1 Å². The van der Waals surface area contributed by atoms with E-state index in [-0.39, 0.29) is 61.3 Å². The van der Waals surface area contributed by atoms with Gasteiger partial charge < -0.3 is 25.5 Å². The molecule has 6 rings (SSSR count). The maximum absolute atomic E-state index is 14.9. The highest BCUT2D eigenvalue weighted by atomic mass is 16.4. The SMILES string of the molecule is C/C(=C\[C@@H](O)C[C@@H](C)[C@H]1C[C@@]2(O)C=C[C@]3(O)C4=C(C(=O)C[C@@]1(C)[C@]42CCO)[C@@]1(C)CCC(=O)C(C)(C)[C@H]1[C@H]3/C=C/c1ccccc1)C(=O)O. The molecule has 0 heterocycles. The van der Waals surface area contributed by atoms with E-state index in [1.165, 1.54) is 13.0 Å². The molecule has 5 aliphatic carbocycles. The molecule has 0 saturated heterocycles. The Balaban J connectivity index is 1.59. The lowest BCUT2D eigenvalue weighted by Gasteiger charge is -2.68. The number of carbonyl (C=O) groups is 3. The quantitative estimate of drug-likeness (QED) is 0.172. The van der Waals surface area contributed by atoms with E-state index >= 15 is 0 Å². The molecule has 264 valence electrons. The molecule has 10 atom stereocenters. The van der Waals surface area contributed by atoms with Gasteiger partial charge in [0.1, 0.15) is 11.4 Å². The Morgan fingerprint density at radius 1 is 1.06 bits per heavy atom. The molecule has 1 aromatic carbocycles. The zero-order valence-corrected chi connectivity index (χ0v) is 29.6. The topological polar surface area (TPSA) is 152 Å². The Labute approximate surface area is 289 Å². The predicted octanol–water partition coefficient (Wildman–Crippen LogP) is 5.46. The summed E-state index contributed by atoms with van der Waals surface area (Å²) in [5, 5.41) is 57.4. The highest BCUT2D eigenvalue weighted by molar-refractivity contribution is 6.02. The summed E-state index contributed by atoms with van der Waals surface area (Å²) < 4.78 is 0. The number of aliphatic hydroxyl groups excluding tert-OH is 2. The Morgan fingerprint density at radius 2 is 1.73 bits per heavy atom. The van der Waals surface area contributed by atoms with Gasteiger partial charge in [0, 0.05) is 52.8 Å². The first-order valence-corrected chi connectivity index (χ1v) is 17.8. The maximum Gasteiger partial charge on any atom is 0.331 e. The number of allylic oxidation sites excluding steroid dienone is 1. The number of carboxylic acids is 1. The number of carboxylic acid groups (broad SMARTS) is 1. The third-order valence-corrected chi connectivity index (χ3v) is 13.9. The van der Waals surface area contributed by atoms with Gasteiger partial charge in [0.25, 0.3) is 0 Å². The lowest BCUT2D eigenvalue weighted by Crippen LogP contribution is -2.70.